The monoisotopic (exact) mass is 348 g/mol. The molecule has 1 aliphatic heterocycles. The first kappa shape index (κ1) is 15.6. The van der Waals surface area contributed by atoms with Crippen LogP contribution in [0.25, 0.3) is 0 Å². The molecule has 0 spiro atoms. The zero-order valence-corrected chi connectivity index (χ0v) is 13.4. The van der Waals surface area contributed by atoms with E-state index in [1.165, 1.54) is 16.7 Å². The minimum Gasteiger partial charge on any atom is -0.324 e. The maximum atomic E-state index is 12.0. The molecule has 1 aromatic rings. The van der Waals surface area contributed by atoms with Gasteiger partial charge in [0.25, 0.3) is 5.91 Å². The largest absolute Gasteiger partial charge is 0.324 e. The molecule has 1 unspecified atom stereocenters. The topological polar surface area (TPSA) is 49.4 Å². The lowest BCUT2D eigenvalue weighted by molar-refractivity contribution is -0.116. The molecule has 0 aliphatic carbocycles. The molecule has 0 saturated carbocycles. The summed E-state index contributed by atoms with van der Waals surface area (Å²) in [6.07, 6.45) is 0. The Balaban J connectivity index is 2.24. The van der Waals surface area contributed by atoms with Crippen molar-refractivity contribution in [2.75, 3.05) is 10.2 Å². The first-order valence-electron chi connectivity index (χ1n) is 5.64. The van der Waals surface area contributed by atoms with Crippen LogP contribution in [0.4, 0.5) is 11.4 Å². The van der Waals surface area contributed by atoms with Gasteiger partial charge in [-0.15, -0.1) is 0 Å². The lowest BCUT2D eigenvalue weighted by atomic mass is 10.2. The third kappa shape index (κ3) is 3.25. The van der Waals surface area contributed by atoms with Gasteiger partial charge in [0.1, 0.15) is 4.32 Å². The Morgan fingerprint density at radius 1 is 1.50 bits per heavy atom. The molecule has 0 aromatic heterocycles. The van der Waals surface area contributed by atoms with E-state index in [4.69, 9.17) is 35.4 Å². The van der Waals surface area contributed by atoms with Crippen molar-refractivity contribution in [3.05, 3.63) is 24.3 Å². The van der Waals surface area contributed by atoms with Crippen LogP contribution in [0.1, 0.15) is 6.92 Å². The third-order valence-corrected chi connectivity index (χ3v) is 4.41. The summed E-state index contributed by atoms with van der Waals surface area (Å²) in [7, 11) is 0. The number of benzene rings is 1. The van der Waals surface area contributed by atoms with E-state index in [2.05, 4.69) is 5.32 Å². The van der Waals surface area contributed by atoms with Crippen LogP contribution >= 0.6 is 47.2 Å². The molecular weight excluding hydrogens is 339 g/mol. The lowest BCUT2D eigenvalue weighted by Gasteiger charge is -2.16. The predicted molar refractivity (Wildman–Crippen MR) is 87.7 cm³/mol. The molecular formula is C12H10Cl2N2O2S2. The van der Waals surface area contributed by atoms with Gasteiger partial charge < -0.3 is 5.32 Å². The molecule has 106 valence electrons. The molecule has 1 saturated heterocycles. The summed E-state index contributed by atoms with van der Waals surface area (Å²) in [5.74, 6) is -0.598. The Labute approximate surface area is 135 Å². The Kier molecular flexibility index (Phi) is 4.90. The number of carbonyl (C=O) groups is 2. The zero-order chi connectivity index (χ0) is 14.9. The number of nitrogens with one attached hydrogen (secondary N) is 1. The normalized spacial score (nSPS) is 18.8. The minimum absolute atomic E-state index is 0.0731. The van der Waals surface area contributed by atoms with Crippen molar-refractivity contribution < 1.29 is 9.59 Å². The third-order valence-electron chi connectivity index (χ3n) is 2.60. The second kappa shape index (κ2) is 6.30. The Bertz CT molecular complexity index is 580. The highest BCUT2D eigenvalue weighted by atomic mass is 35.5. The lowest BCUT2D eigenvalue weighted by Crippen LogP contribution is -2.30. The van der Waals surface area contributed by atoms with Gasteiger partial charge in [0.15, 0.2) is 4.84 Å². The number of thioether (sulfide) groups is 1. The highest BCUT2D eigenvalue weighted by Crippen LogP contribution is 2.32. The summed E-state index contributed by atoms with van der Waals surface area (Å²) < 4.78 is 0.499. The van der Waals surface area contributed by atoms with E-state index in [1.54, 1.807) is 31.2 Å². The number of hydrogen-bond acceptors (Lipinski definition) is 4. The van der Waals surface area contributed by atoms with Gasteiger partial charge in [-0.05, 0) is 25.1 Å². The standard InChI is InChI=1S/C12H10Cl2N2O2S2/c1-6-11(18)16(12(19)20-6)8-4-2-3-7(5-8)15-10(17)9(13)14/h2-6,9H,1H3,(H,15,17). The van der Waals surface area contributed by atoms with Crippen molar-refractivity contribution in [2.45, 2.75) is 17.0 Å². The number of anilines is 2. The van der Waals surface area contributed by atoms with E-state index in [9.17, 15) is 9.59 Å². The van der Waals surface area contributed by atoms with Gasteiger partial charge >= 0.3 is 0 Å². The second-order valence-corrected chi connectivity index (χ2v) is 7.11. The quantitative estimate of drug-likeness (QED) is 0.673. The fourth-order valence-electron chi connectivity index (χ4n) is 1.68. The van der Waals surface area contributed by atoms with Gasteiger partial charge in [-0.2, -0.15) is 0 Å². The highest BCUT2D eigenvalue weighted by molar-refractivity contribution is 8.25. The molecule has 1 atom stereocenters. The zero-order valence-electron chi connectivity index (χ0n) is 10.3. The summed E-state index contributed by atoms with van der Waals surface area (Å²) in [6, 6.07) is 6.79. The van der Waals surface area contributed by atoms with Crippen LogP contribution in [0, 0.1) is 0 Å². The number of hydrogen-bond donors (Lipinski definition) is 1. The van der Waals surface area contributed by atoms with Crippen LogP contribution in [0.3, 0.4) is 0 Å². The van der Waals surface area contributed by atoms with E-state index >= 15 is 0 Å². The van der Waals surface area contributed by atoms with Crippen LogP contribution < -0.4 is 10.2 Å². The van der Waals surface area contributed by atoms with E-state index in [0.29, 0.717) is 15.7 Å². The molecule has 2 amide bonds. The first-order chi connectivity index (χ1) is 9.40. The molecule has 1 heterocycles. The summed E-state index contributed by atoms with van der Waals surface area (Å²) in [5.41, 5.74) is 1.11. The Morgan fingerprint density at radius 3 is 2.75 bits per heavy atom. The molecule has 0 bridgehead atoms. The number of thiocarbonyl (C=S) groups is 1. The summed E-state index contributed by atoms with van der Waals surface area (Å²) in [4.78, 5) is 23.8. The Hall–Kier alpha value is -0.820. The van der Waals surface area contributed by atoms with Gasteiger partial charge in [-0.25, -0.2) is 0 Å². The summed E-state index contributed by atoms with van der Waals surface area (Å²) in [6.45, 7) is 1.80. The van der Waals surface area contributed by atoms with Crippen molar-refractivity contribution in [2.24, 2.45) is 0 Å². The molecule has 8 heteroatoms. The number of halogens is 2. The van der Waals surface area contributed by atoms with E-state index in [-0.39, 0.29) is 11.2 Å². The maximum Gasteiger partial charge on any atom is 0.257 e. The van der Waals surface area contributed by atoms with Crippen LogP contribution in [0.5, 0.6) is 0 Å². The SMILES string of the molecule is CC1SC(=S)N(c2cccc(NC(=O)C(Cl)Cl)c2)C1=O. The molecule has 2 rings (SSSR count). The van der Waals surface area contributed by atoms with Gasteiger partial charge in [-0.3, -0.25) is 14.5 Å². The smallest absolute Gasteiger partial charge is 0.257 e. The molecule has 1 N–H and O–H groups in total. The molecule has 1 fully saturated rings. The maximum absolute atomic E-state index is 12.0. The van der Waals surface area contributed by atoms with Crippen molar-refractivity contribution in [1.82, 2.24) is 0 Å². The van der Waals surface area contributed by atoms with Gasteiger partial charge in [0, 0.05) is 5.69 Å². The van der Waals surface area contributed by atoms with Crippen LogP contribution in [0.2, 0.25) is 0 Å². The van der Waals surface area contributed by atoms with Crippen molar-refractivity contribution in [1.29, 1.82) is 0 Å². The molecule has 20 heavy (non-hydrogen) atoms. The number of carbonyl (C=O) groups excluding carboxylic acids is 2. The van der Waals surface area contributed by atoms with E-state index in [0.717, 1.165) is 0 Å². The van der Waals surface area contributed by atoms with Gasteiger partial charge in [0.05, 0.1) is 10.9 Å². The molecule has 1 aliphatic rings. The van der Waals surface area contributed by atoms with Gasteiger partial charge in [0.2, 0.25) is 5.91 Å². The molecule has 1 aromatic carbocycles. The minimum atomic E-state index is -1.15. The summed E-state index contributed by atoms with van der Waals surface area (Å²) in [5, 5.41) is 2.36. The van der Waals surface area contributed by atoms with E-state index < -0.39 is 10.7 Å². The van der Waals surface area contributed by atoms with Crippen LogP contribution in [0.15, 0.2) is 24.3 Å². The average molecular weight is 349 g/mol. The number of alkyl halides is 2. The fourth-order valence-corrected chi connectivity index (χ4v) is 3.23. The first-order valence-corrected chi connectivity index (χ1v) is 7.80. The van der Waals surface area contributed by atoms with Crippen LogP contribution in [-0.2, 0) is 9.59 Å². The number of nitrogens with zero attached hydrogens (tertiary/aromatic N) is 1. The Morgan fingerprint density at radius 2 is 2.20 bits per heavy atom. The average Bonchev–Trinajstić information content (AvgIpc) is 2.63. The van der Waals surface area contributed by atoms with Crippen molar-refractivity contribution in [3.8, 4) is 0 Å². The molecule has 0 radical (unpaired) electrons. The van der Waals surface area contributed by atoms with Crippen LogP contribution in [-0.4, -0.2) is 26.2 Å². The number of amides is 2. The molecule has 4 nitrogen and oxygen atoms in total. The predicted octanol–water partition coefficient (Wildman–Crippen LogP) is 3.18. The fraction of sp³-hybridized carbons (Fsp3) is 0.250. The summed E-state index contributed by atoms with van der Waals surface area (Å²) >= 11 is 17.5. The number of rotatable bonds is 3. The van der Waals surface area contributed by atoms with Gasteiger partial charge in [-0.1, -0.05) is 53.2 Å². The van der Waals surface area contributed by atoms with E-state index in [1.807, 2.05) is 0 Å². The van der Waals surface area contributed by atoms with Crippen molar-refractivity contribution >= 4 is 74.7 Å². The second-order valence-electron chi connectivity index (χ2n) is 4.04. The van der Waals surface area contributed by atoms with Crippen molar-refractivity contribution in [3.63, 3.8) is 0 Å². The highest BCUT2D eigenvalue weighted by Gasteiger charge is 2.34.